The molecule has 0 bridgehead atoms. The Balaban J connectivity index is 1.70. The fraction of sp³-hybridized carbons (Fsp3) is 0.286. The summed E-state index contributed by atoms with van der Waals surface area (Å²) in [6.07, 6.45) is 5.37. The zero-order valence-electron chi connectivity index (χ0n) is 10.2. The zero-order chi connectivity index (χ0) is 12.4. The van der Waals surface area contributed by atoms with E-state index in [1.54, 1.807) is 12.3 Å². The van der Waals surface area contributed by atoms with Crippen LogP contribution in [0, 0.1) is 0 Å². The number of aromatic nitrogens is 2. The Morgan fingerprint density at radius 3 is 2.94 bits per heavy atom. The second kappa shape index (κ2) is 4.64. The van der Waals surface area contributed by atoms with Crippen molar-refractivity contribution < 1.29 is 0 Å². The average Bonchev–Trinajstić information content (AvgIpc) is 2.84. The highest BCUT2D eigenvalue weighted by Crippen LogP contribution is 2.24. The number of nitrogens with one attached hydrogen (secondary N) is 1. The normalized spacial score (nSPS) is 13.3. The Labute approximate surface area is 106 Å². The first kappa shape index (κ1) is 11.0. The van der Waals surface area contributed by atoms with Gasteiger partial charge in [0, 0.05) is 11.9 Å². The fourth-order valence-electron chi connectivity index (χ4n) is 2.36. The molecular weight excluding hydrogens is 224 g/mol. The van der Waals surface area contributed by atoms with Crippen molar-refractivity contribution in [2.75, 3.05) is 11.1 Å². The lowest BCUT2D eigenvalue weighted by Crippen LogP contribution is -2.05. The lowest BCUT2D eigenvalue weighted by Gasteiger charge is -2.08. The van der Waals surface area contributed by atoms with Gasteiger partial charge in [-0.25, -0.2) is 9.97 Å². The van der Waals surface area contributed by atoms with Gasteiger partial charge in [0.1, 0.15) is 11.6 Å². The number of anilines is 2. The molecule has 3 rings (SSSR count). The molecule has 0 saturated carbocycles. The molecule has 4 heteroatoms. The van der Waals surface area contributed by atoms with E-state index in [1.807, 2.05) is 0 Å². The third kappa shape index (κ3) is 2.27. The minimum Gasteiger partial charge on any atom is -0.384 e. The first-order valence-corrected chi connectivity index (χ1v) is 6.24. The van der Waals surface area contributed by atoms with E-state index in [4.69, 9.17) is 5.73 Å². The summed E-state index contributed by atoms with van der Waals surface area (Å²) in [5.74, 6) is 1.23. The smallest absolute Gasteiger partial charge is 0.149 e. The predicted molar refractivity (Wildman–Crippen MR) is 72.2 cm³/mol. The van der Waals surface area contributed by atoms with Crippen LogP contribution < -0.4 is 11.1 Å². The maximum atomic E-state index is 5.62. The van der Waals surface area contributed by atoms with Gasteiger partial charge in [-0.1, -0.05) is 6.07 Å². The van der Waals surface area contributed by atoms with Crippen LogP contribution in [-0.4, -0.2) is 9.97 Å². The molecule has 0 unspecified atom stereocenters. The van der Waals surface area contributed by atoms with Gasteiger partial charge in [-0.15, -0.1) is 0 Å². The third-order valence-electron chi connectivity index (χ3n) is 3.28. The SMILES string of the molecule is Nc1ccnc(CNc2ccc3c(c2)CCC3)n1. The van der Waals surface area contributed by atoms with E-state index in [9.17, 15) is 0 Å². The Kier molecular flexibility index (Phi) is 2.84. The minimum absolute atomic E-state index is 0.510. The van der Waals surface area contributed by atoms with Gasteiger partial charge in [-0.3, -0.25) is 0 Å². The second-order valence-electron chi connectivity index (χ2n) is 4.59. The van der Waals surface area contributed by atoms with Crippen molar-refractivity contribution in [3.63, 3.8) is 0 Å². The molecule has 1 aliphatic rings. The number of fused-ring (bicyclic) bond motifs is 1. The topological polar surface area (TPSA) is 63.8 Å². The van der Waals surface area contributed by atoms with Gasteiger partial charge >= 0.3 is 0 Å². The molecular formula is C14H16N4. The van der Waals surface area contributed by atoms with Crippen LogP contribution in [-0.2, 0) is 19.4 Å². The van der Waals surface area contributed by atoms with Crippen LogP contribution in [0.15, 0.2) is 30.5 Å². The number of nitrogen functional groups attached to an aromatic ring is 1. The van der Waals surface area contributed by atoms with Crippen molar-refractivity contribution in [3.8, 4) is 0 Å². The Bertz CT molecular complexity index is 565. The number of hydrogen-bond acceptors (Lipinski definition) is 4. The van der Waals surface area contributed by atoms with E-state index < -0.39 is 0 Å². The largest absolute Gasteiger partial charge is 0.384 e. The summed E-state index contributed by atoms with van der Waals surface area (Å²) in [6, 6.07) is 8.26. The minimum atomic E-state index is 0.510. The van der Waals surface area contributed by atoms with Crippen molar-refractivity contribution in [3.05, 3.63) is 47.4 Å². The molecule has 0 aliphatic heterocycles. The summed E-state index contributed by atoms with van der Waals surface area (Å²) in [6.45, 7) is 0.601. The second-order valence-corrected chi connectivity index (χ2v) is 4.59. The van der Waals surface area contributed by atoms with E-state index in [2.05, 4.69) is 33.5 Å². The molecule has 0 saturated heterocycles. The van der Waals surface area contributed by atoms with Crippen LogP contribution in [0.5, 0.6) is 0 Å². The van der Waals surface area contributed by atoms with Gasteiger partial charge in [0.05, 0.1) is 6.54 Å². The van der Waals surface area contributed by atoms with Crippen molar-refractivity contribution in [1.82, 2.24) is 9.97 Å². The third-order valence-corrected chi connectivity index (χ3v) is 3.28. The molecule has 0 radical (unpaired) electrons. The van der Waals surface area contributed by atoms with Crippen molar-refractivity contribution in [2.45, 2.75) is 25.8 Å². The molecule has 1 aromatic carbocycles. The van der Waals surface area contributed by atoms with Crippen LogP contribution in [0.3, 0.4) is 0 Å². The van der Waals surface area contributed by atoms with Gasteiger partial charge in [0.2, 0.25) is 0 Å². The predicted octanol–water partition coefficient (Wildman–Crippen LogP) is 2.16. The van der Waals surface area contributed by atoms with Crippen LogP contribution in [0.2, 0.25) is 0 Å². The molecule has 0 atom stereocenters. The Hall–Kier alpha value is -2.10. The van der Waals surface area contributed by atoms with Gasteiger partial charge in [0.15, 0.2) is 0 Å². The lowest BCUT2D eigenvalue weighted by atomic mass is 10.1. The molecule has 2 aromatic rings. The average molecular weight is 240 g/mol. The monoisotopic (exact) mass is 240 g/mol. The molecule has 1 aromatic heterocycles. The molecule has 3 N–H and O–H groups in total. The van der Waals surface area contributed by atoms with Crippen molar-refractivity contribution in [2.24, 2.45) is 0 Å². The van der Waals surface area contributed by atoms with Gasteiger partial charge in [-0.05, 0) is 48.6 Å². The molecule has 0 amide bonds. The summed E-state index contributed by atoms with van der Waals surface area (Å²) < 4.78 is 0. The highest BCUT2D eigenvalue weighted by atomic mass is 15.0. The maximum absolute atomic E-state index is 5.62. The van der Waals surface area contributed by atoms with Crippen molar-refractivity contribution in [1.29, 1.82) is 0 Å². The first-order valence-electron chi connectivity index (χ1n) is 6.24. The first-order chi connectivity index (χ1) is 8.81. The van der Waals surface area contributed by atoms with E-state index in [0.717, 1.165) is 11.5 Å². The molecule has 1 heterocycles. The molecule has 18 heavy (non-hydrogen) atoms. The lowest BCUT2D eigenvalue weighted by molar-refractivity contribution is 0.911. The summed E-state index contributed by atoms with van der Waals surface area (Å²) in [4.78, 5) is 8.34. The number of benzene rings is 1. The van der Waals surface area contributed by atoms with Crippen LogP contribution in [0.25, 0.3) is 0 Å². The standard InChI is InChI=1S/C14H16N4/c15-13-6-7-16-14(18-13)9-17-12-5-4-10-2-1-3-11(10)8-12/h4-8,17H,1-3,9H2,(H2,15,16,18). The molecule has 1 aliphatic carbocycles. The Morgan fingerprint density at radius 1 is 1.17 bits per heavy atom. The van der Waals surface area contributed by atoms with E-state index in [1.165, 1.54) is 30.4 Å². The number of rotatable bonds is 3. The van der Waals surface area contributed by atoms with Crippen molar-refractivity contribution >= 4 is 11.5 Å². The Morgan fingerprint density at radius 2 is 2.06 bits per heavy atom. The summed E-state index contributed by atoms with van der Waals surface area (Å²) in [7, 11) is 0. The van der Waals surface area contributed by atoms with Crippen LogP contribution in [0.4, 0.5) is 11.5 Å². The highest BCUT2D eigenvalue weighted by molar-refractivity contribution is 5.50. The number of hydrogen-bond donors (Lipinski definition) is 2. The highest BCUT2D eigenvalue weighted by Gasteiger charge is 2.10. The summed E-state index contributed by atoms with van der Waals surface area (Å²) in [5, 5.41) is 3.34. The van der Waals surface area contributed by atoms with Gasteiger partial charge in [-0.2, -0.15) is 0 Å². The zero-order valence-corrected chi connectivity index (χ0v) is 10.2. The van der Waals surface area contributed by atoms with Gasteiger partial charge < -0.3 is 11.1 Å². The van der Waals surface area contributed by atoms with Crippen LogP contribution in [0.1, 0.15) is 23.4 Å². The maximum Gasteiger partial charge on any atom is 0.149 e. The summed E-state index contributed by atoms with van der Waals surface area (Å²) >= 11 is 0. The van der Waals surface area contributed by atoms with E-state index >= 15 is 0 Å². The summed E-state index contributed by atoms with van der Waals surface area (Å²) in [5.41, 5.74) is 9.70. The molecule has 4 nitrogen and oxygen atoms in total. The molecule has 92 valence electrons. The number of aryl methyl sites for hydroxylation is 2. The fourth-order valence-corrected chi connectivity index (χ4v) is 2.36. The number of nitrogens with two attached hydrogens (primary N) is 1. The van der Waals surface area contributed by atoms with E-state index in [0.29, 0.717) is 12.4 Å². The quantitative estimate of drug-likeness (QED) is 0.863. The van der Waals surface area contributed by atoms with Gasteiger partial charge in [0.25, 0.3) is 0 Å². The molecule has 0 spiro atoms. The van der Waals surface area contributed by atoms with Crippen LogP contribution >= 0.6 is 0 Å². The number of nitrogens with zero attached hydrogens (tertiary/aromatic N) is 2. The molecule has 0 fully saturated rings. The van der Waals surface area contributed by atoms with E-state index in [-0.39, 0.29) is 0 Å².